The minimum atomic E-state index is -0.289. The Bertz CT molecular complexity index is 1060. The first kappa shape index (κ1) is 23.7. The van der Waals surface area contributed by atoms with Gasteiger partial charge >= 0.3 is 0 Å². The second-order valence-electron chi connectivity index (χ2n) is 10.6. The Hall–Kier alpha value is -3.02. The Morgan fingerprint density at radius 2 is 1.60 bits per heavy atom. The molecule has 3 aliphatic rings. The van der Waals surface area contributed by atoms with Crippen LogP contribution >= 0.6 is 0 Å². The fourth-order valence-corrected chi connectivity index (χ4v) is 5.51. The number of nitrogens with zero attached hydrogens (tertiary/aromatic N) is 4. The van der Waals surface area contributed by atoms with Crippen molar-refractivity contribution in [1.29, 1.82) is 0 Å². The highest BCUT2D eigenvalue weighted by atomic mass is 16.2. The molecule has 1 saturated heterocycles. The van der Waals surface area contributed by atoms with Crippen LogP contribution in [0.5, 0.6) is 0 Å². The predicted octanol–water partition coefficient (Wildman–Crippen LogP) is 3.79. The number of rotatable bonds is 7. The molecule has 0 unspecified atom stereocenters. The highest BCUT2D eigenvalue weighted by Crippen LogP contribution is 2.34. The molecule has 6 nitrogen and oxygen atoms in total. The number of amides is 2. The number of fused-ring (bicyclic) bond motifs is 1. The first-order valence-electron chi connectivity index (χ1n) is 13.2. The fraction of sp³-hybridized carbons (Fsp3) is 0.517. The lowest BCUT2D eigenvalue weighted by Gasteiger charge is -2.39. The number of anilines is 2. The van der Waals surface area contributed by atoms with Gasteiger partial charge < -0.3 is 19.6 Å². The zero-order valence-corrected chi connectivity index (χ0v) is 21.2. The van der Waals surface area contributed by atoms with Crippen LogP contribution in [-0.2, 0) is 22.6 Å². The smallest absolute Gasteiger partial charge is 0.226 e. The molecule has 2 aromatic rings. The van der Waals surface area contributed by atoms with Gasteiger partial charge in [0.2, 0.25) is 11.8 Å². The topological polar surface area (TPSA) is 47.1 Å². The van der Waals surface area contributed by atoms with Crippen molar-refractivity contribution in [2.45, 2.75) is 39.2 Å². The van der Waals surface area contributed by atoms with Crippen LogP contribution in [-0.4, -0.2) is 67.9 Å². The first-order chi connectivity index (χ1) is 17.0. The van der Waals surface area contributed by atoms with E-state index in [-0.39, 0.29) is 24.2 Å². The second-order valence-corrected chi connectivity index (χ2v) is 10.6. The van der Waals surface area contributed by atoms with Gasteiger partial charge in [-0.15, -0.1) is 0 Å². The predicted molar refractivity (Wildman–Crippen MR) is 141 cm³/mol. The van der Waals surface area contributed by atoms with Gasteiger partial charge in [0.1, 0.15) is 0 Å². The number of carbonyl (C=O) groups is 2. The molecule has 0 radical (unpaired) electrons. The third kappa shape index (κ3) is 5.47. The molecule has 1 aliphatic carbocycles. The van der Waals surface area contributed by atoms with Crippen LogP contribution < -0.4 is 9.80 Å². The second kappa shape index (κ2) is 10.3. The first-order valence-corrected chi connectivity index (χ1v) is 13.2. The van der Waals surface area contributed by atoms with E-state index in [4.69, 9.17) is 0 Å². The number of para-hydroxylation sites is 2. The van der Waals surface area contributed by atoms with Crippen LogP contribution in [0.2, 0.25) is 0 Å². The molecule has 0 bridgehead atoms. The lowest BCUT2D eigenvalue weighted by molar-refractivity contribution is -0.141. The fourth-order valence-electron chi connectivity index (χ4n) is 5.51. The standard InChI is InChI=1S/C29H38N4O2/c1-22(19-28(34)33-14-13-24-7-3-4-8-25(24)21-33)29(35)32-17-15-31(16-18-32)27-10-6-5-9-26(27)30(2)20-23-11-12-23/h3-10,22-23H,11-21H2,1-2H3/t22-/m0/s1. The van der Waals surface area contributed by atoms with Gasteiger partial charge in [-0.3, -0.25) is 9.59 Å². The quantitative estimate of drug-likeness (QED) is 0.613. The normalized spacial score (nSPS) is 18.7. The average molecular weight is 475 g/mol. The summed E-state index contributed by atoms with van der Waals surface area (Å²) in [5.41, 5.74) is 5.10. The minimum Gasteiger partial charge on any atom is -0.373 e. The summed E-state index contributed by atoms with van der Waals surface area (Å²) in [5.74, 6) is 0.746. The van der Waals surface area contributed by atoms with Crippen LogP contribution in [0.3, 0.4) is 0 Å². The third-order valence-corrected chi connectivity index (χ3v) is 7.84. The van der Waals surface area contributed by atoms with Crippen molar-refractivity contribution < 1.29 is 9.59 Å². The molecule has 2 fully saturated rings. The summed E-state index contributed by atoms with van der Waals surface area (Å²) in [7, 11) is 2.19. The molecule has 2 heterocycles. The summed E-state index contributed by atoms with van der Waals surface area (Å²) in [5, 5.41) is 0. The monoisotopic (exact) mass is 474 g/mol. The highest BCUT2D eigenvalue weighted by Gasteiger charge is 2.30. The van der Waals surface area contributed by atoms with Crippen LogP contribution in [0.4, 0.5) is 11.4 Å². The molecule has 2 aromatic carbocycles. The summed E-state index contributed by atoms with van der Waals surface area (Å²) in [6.07, 6.45) is 3.87. The maximum Gasteiger partial charge on any atom is 0.226 e. The van der Waals surface area contributed by atoms with E-state index in [1.165, 1.54) is 35.3 Å². The Morgan fingerprint density at radius 1 is 0.914 bits per heavy atom. The number of hydrogen-bond donors (Lipinski definition) is 0. The van der Waals surface area contributed by atoms with E-state index in [9.17, 15) is 9.59 Å². The molecular formula is C29H38N4O2. The van der Waals surface area contributed by atoms with E-state index in [2.05, 4.69) is 59.3 Å². The van der Waals surface area contributed by atoms with Crippen LogP contribution in [0.1, 0.15) is 37.3 Å². The van der Waals surface area contributed by atoms with Crippen molar-refractivity contribution in [2.24, 2.45) is 11.8 Å². The minimum absolute atomic E-state index is 0.0895. The summed E-state index contributed by atoms with van der Waals surface area (Å²) >= 11 is 0. The van der Waals surface area contributed by atoms with Gasteiger partial charge in [-0.2, -0.15) is 0 Å². The summed E-state index contributed by atoms with van der Waals surface area (Å²) in [4.78, 5) is 34.8. The average Bonchev–Trinajstić information content (AvgIpc) is 3.72. The molecule has 186 valence electrons. The SMILES string of the molecule is C[C@@H](CC(=O)N1CCc2ccccc2C1)C(=O)N1CCN(c2ccccc2N(C)CC2CC2)CC1. The number of hydrogen-bond acceptors (Lipinski definition) is 4. The van der Waals surface area contributed by atoms with Crippen LogP contribution in [0.15, 0.2) is 48.5 Å². The van der Waals surface area contributed by atoms with Crippen LogP contribution in [0, 0.1) is 11.8 Å². The molecule has 1 saturated carbocycles. The maximum absolute atomic E-state index is 13.2. The zero-order valence-electron chi connectivity index (χ0n) is 21.2. The molecule has 5 rings (SSSR count). The van der Waals surface area contributed by atoms with E-state index in [0.717, 1.165) is 38.5 Å². The van der Waals surface area contributed by atoms with Crippen molar-refractivity contribution in [3.05, 3.63) is 59.7 Å². The number of carbonyl (C=O) groups excluding carboxylic acids is 2. The largest absolute Gasteiger partial charge is 0.373 e. The van der Waals surface area contributed by atoms with Gasteiger partial charge in [-0.05, 0) is 48.4 Å². The molecule has 2 aliphatic heterocycles. The molecule has 6 heteroatoms. The summed E-state index contributed by atoms with van der Waals surface area (Å²) in [6.45, 7) is 7.47. The van der Waals surface area contributed by atoms with Crippen molar-refractivity contribution in [2.75, 3.05) is 56.1 Å². The molecule has 0 aromatic heterocycles. The third-order valence-electron chi connectivity index (χ3n) is 7.84. The maximum atomic E-state index is 13.2. The van der Waals surface area contributed by atoms with Gasteiger partial charge in [0, 0.05) is 65.2 Å². The molecule has 35 heavy (non-hydrogen) atoms. The van der Waals surface area contributed by atoms with Gasteiger partial charge in [0.25, 0.3) is 0 Å². The van der Waals surface area contributed by atoms with Crippen molar-refractivity contribution in [3.8, 4) is 0 Å². The Morgan fingerprint density at radius 3 is 2.34 bits per heavy atom. The van der Waals surface area contributed by atoms with Gasteiger partial charge in [0.15, 0.2) is 0 Å². The lowest BCUT2D eigenvalue weighted by Crippen LogP contribution is -2.51. The number of piperazine rings is 1. The Balaban J connectivity index is 1.14. The number of benzene rings is 2. The van der Waals surface area contributed by atoms with E-state index in [0.29, 0.717) is 19.6 Å². The van der Waals surface area contributed by atoms with E-state index in [1.54, 1.807) is 0 Å². The van der Waals surface area contributed by atoms with Gasteiger partial charge in [0.05, 0.1) is 11.4 Å². The van der Waals surface area contributed by atoms with Crippen LogP contribution in [0.25, 0.3) is 0 Å². The van der Waals surface area contributed by atoms with Crippen molar-refractivity contribution in [3.63, 3.8) is 0 Å². The molecule has 2 amide bonds. The zero-order chi connectivity index (χ0) is 24.4. The van der Waals surface area contributed by atoms with Gasteiger partial charge in [-0.1, -0.05) is 43.3 Å². The molecular weight excluding hydrogens is 436 g/mol. The molecule has 1 atom stereocenters. The van der Waals surface area contributed by atoms with Gasteiger partial charge in [-0.25, -0.2) is 0 Å². The van der Waals surface area contributed by atoms with Crippen molar-refractivity contribution in [1.82, 2.24) is 9.80 Å². The summed E-state index contributed by atoms with van der Waals surface area (Å²) < 4.78 is 0. The lowest BCUT2D eigenvalue weighted by atomic mass is 9.98. The van der Waals surface area contributed by atoms with E-state index < -0.39 is 0 Å². The van der Waals surface area contributed by atoms with E-state index in [1.807, 2.05) is 22.8 Å². The summed E-state index contributed by atoms with van der Waals surface area (Å²) in [6, 6.07) is 17.0. The Labute approximate surface area is 209 Å². The Kier molecular flexibility index (Phi) is 6.98. The highest BCUT2D eigenvalue weighted by molar-refractivity contribution is 5.86. The van der Waals surface area contributed by atoms with Crippen molar-refractivity contribution >= 4 is 23.2 Å². The molecule has 0 N–H and O–H groups in total. The van der Waals surface area contributed by atoms with E-state index >= 15 is 0 Å². The molecule has 0 spiro atoms.